The zero-order chi connectivity index (χ0) is 19.8. The third-order valence-corrected chi connectivity index (χ3v) is 4.00. The molecular formula is C20H23ClN2O4. The molecular weight excluding hydrogens is 368 g/mol. The highest BCUT2D eigenvalue weighted by atomic mass is 35.5. The fourth-order valence-electron chi connectivity index (χ4n) is 2.48. The van der Waals surface area contributed by atoms with Crippen LogP contribution in [0.1, 0.15) is 42.2 Å². The lowest BCUT2D eigenvalue weighted by Gasteiger charge is -2.18. The highest BCUT2D eigenvalue weighted by Gasteiger charge is 2.23. The van der Waals surface area contributed by atoms with Crippen LogP contribution in [0.15, 0.2) is 42.5 Å². The first-order valence-corrected chi connectivity index (χ1v) is 9.10. The van der Waals surface area contributed by atoms with Crippen molar-refractivity contribution in [1.29, 1.82) is 0 Å². The van der Waals surface area contributed by atoms with E-state index < -0.39 is 17.9 Å². The van der Waals surface area contributed by atoms with Crippen LogP contribution in [0.5, 0.6) is 11.5 Å². The molecule has 1 atom stereocenters. The average Bonchev–Trinajstić information content (AvgIpc) is 2.65. The van der Waals surface area contributed by atoms with Crippen LogP contribution in [0, 0.1) is 0 Å². The maximum Gasteiger partial charge on any atom is 0.252 e. The van der Waals surface area contributed by atoms with E-state index in [1.165, 1.54) is 6.07 Å². The molecule has 2 rings (SSSR count). The highest BCUT2D eigenvalue weighted by Crippen LogP contribution is 2.37. The number of carbonyl (C=O) groups excluding carboxylic acids is 2. The summed E-state index contributed by atoms with van der Waals surface area (Å²) in [7, 11) is 0. The lowest BCUT2D eigenvalue weighted by atomic mass is 10.1. The Morgan fingerprint density at radius 3 is 2.44 bits per heavy atom. The van der Waals surface area contributed by atoms with Crippen LogP contribution < -0.4 is 20.5 Å². The topological polar surface area (TPSA) is 90.6 Å². The maximum absolute atomic E-state index is 12.7. The maximum atomic E-state index is 12.7. The molecule has 7 heteroatoms. The zero-order valence-electron chi connectivity index (χ0n) is 15.3. The molecule has 2 aromatic rings. The molecule has 6 nitrogen and oxygen atoms in total. The van der Waals surface area contributed by atoms with Crippen LogP contribution in [0.3, 0.4) is 0 Å². The summed E-state index contributed by atoms with van der Waals surface area (Å²) in [6, 6.07) is 10.8. The minimum absolute atomic E-state index is 0.245. The highest BCUT2D eigenvalue weighted by molar-refractivity contribution is 6.32. The fourth-order valence-corrected chi connectivity index (χ4v) is 2.75. The van der Waals surface area contributed by atoms with Gasteiger partial charge in [-0.2, -0.15) is 0 Å². The normalized spacial score (nSPS) is 11.5. The van der Waals surface area contributed by atoms with Gasteiger partial charge in [0.25, 0.3) is 5.91 Å². The number of benzene rings is 2. The summed E-state index contributed by atoms with van der Waals surface area (Å²) in [4.78, 5) is 24.5. The number of carbonyl (C=O) groups is 2. The molecule has 0 fully saturated rings. The third kappa shape index (κ3) is 5.37. The molecule has 2 aromatic carbocycles. The second-order valence-corrected chi connectivity index (χ2v) is 6.19. The van der Waals surface area contributed by atoms with E-state index in [1.54, 1.807) is 30.3 Å². The quantitative estimate of drug-likeness (QED) is 0.685. The molecule has 2 amide bonds. The van der Waals surface area contributed by atoms with Gasteiger partial charge < -0.3 is 20.5 Å². The van der Waals surface area contributed by atoms with Crippen molar-refractivity contribution in [2.75, 3.05) is 13.2 Å². The van der Waals surface area contributed by atoms with Crippen LogP contribution in [-0.4, -0.2) is 25.0 Å². The molecule has 0 saturated heterocycles. The average molecular weight is 391 g/mol. The predicted octanol–water partition coefficient (Wildman–Crippen LogP) is 3.48. The van der Waals surface area contributed by atoms with Crippen molar-refractivity contribution in [3.8, 4) is 11.5 Å². The molecule has 0 aliphatic heterocycles. The van der Waals surface area contributed by atoms with Gasteiger partial charge in [0, 0.05) is 5.56 Å². The molecule has 0 aliphatic rings. The molecule has 0 bridgehead atoms. The number of primary amides is 1. The summed E-state index contributed by atoms with van der Waals surface area (Å²) < 4.78 is 11.2. The molecule has 0 spiro atoms. The molecule has 0 saturated carbocycles. The second kappa shape index (κ2) is 9.83. The van der Waals surface area contributed by atoms with Gasteiger partial charge in [-0.05, 0) is 31.0 Å². The summed E-state index contributed by atoms with van der Waals surface area (Å²) in [5.41, 5.74) is 6.30. The first kappa shape index (κ1) is 20.6. The van der Waals surface area contributed by atoms with Gasteiger partial charge in [-0.1, -0.05) is 48.9 Å². The molecule has 144 valence electrons. The lowest BCUT2D eigenvalue weighted by molar-refractivity contribution is -0.120. The Bertz CT molecular complexity index is 796. The summed E-state index contributed by atoms with van der Waals surface area (Å²) in [6.07, 6.45) is 0.807. The monoisotopic (exact) mass is 390 g/mol. The lowest BCUT2D eigenvalue weighted by Crippen LogP contribution is -2.37. The Hall–Kier alpha value is -2.73. The van der Waals surface area contributed by atoms with E-state index in [0.29, 0.717) is 30.3 Å². The molecule has 1 unspecified atom stereocenters. The standard InChI is InChI=1S/C20H23ClN2O4/c1-3-10-27-18-15(21)11-14(12-16(18)26-4-2)20(25)23-17(19(22)24)13-8-6-5-7-9-13/h5-9,11-12,17H,3-4,10H2,1-2H3,(H2,22,24)(H,23,25). The van der Waals surface area contributed by atoms with E-state index >= 15 is 0 Å². The van der Waals surface area contributed by atoms with Crippen molar-refractivity contribution in [3.63, 3.8) is 0 Å². The number of rotatable bonds is 9. The van der Waals surface area contributed by atoms with E-state index in [1.807, 2.05) is 19.9 Å². The third-order valence-electron chi connectivity index (χ3n) is 3.71. The molecule has 0 aliphatic carbocycles. The summed E-state index contributed by atoms with van der Waals surface area (Å²) in [5, 5.41) is 2.90. The van der Waals surface area contributed by atoms with Crippen molar-refractivity contribution in [1.82, 2.24) is 5.32 Å². The van der Waals surface area contributed by atoms with Gasteiger partial charge in [-0.15, -0.1) is 0 Å². The van der Waals surface area contributed by atoms with Gasteiger partial charge in [0.15, 0.2) is 11.5 Å². The Morgan fingerprint density at radius 2 is 1.85 bits per heavy atom. The van der Waals surface area contributed by atoms with Crippen molar-refractivity contribution >= 4 is 23.4 Å². The number of ether oxygens (including phenoxy) is 2. The van der Waals surface area contributed by atoms with Gasteiger partial charge in [-0.3, -0.25) is 9.59 Å². The van der Waals surface area contributed by atoms with Gasteiger partial charge >= 0.3 is 0 Å². The summed E-state index contributed by atoms with van der Waals surface area (Å²) in [6.45, 7) is 4.66. The summed E-state index contributed by atoms with van der Waals surface area (Å²) in [5.74, 6) is -0.383. The first-order chi connectivity index (χ1) is 13.0. The van der Waals surface area contributed by atoms with Crippen LogP contribution in [-0.2, 0) is 4.79 Å². The molecule has 27 heavy (non-hydrogen) atoms. The van der Waals surface area contributed by atoms with Crippen LogP contribution in [0.25, 0.3) is 0 Å². The number of nitrogens with two attached hydrogens (primary N) is 1. The van der Waals surface area contributed by atoms with Crippen molar-refractivity contribution in [2.24, 2.45) is 5.73 Å². The first-order valence-electron chi connectivity index (χ1n) is 8.72. The number of hydrogen-bond acceptors (Lipinski definition) is 4. The largest absolute Gasteiger partial charge is 0.490 e. The minimum Gasteiger partial charge on any atom is -0.490 e. The van der Waals surface area contributed by atoms with E-state index in [2.05, 4.69) is 5.32 Å². The van der Waals surface area contributed by atoms with Crippen LogP contribution in [0.2, 0.25) is 5.02 Å². The van der Waals surface area contributed by atoms with E-state index in [0.717, 1.165) is 6.42 Å². The number of halogens is 1. The number of amides is 2. The molecule has 0 aromatic heterocycles. The Balaban J connectivity index is 2.30. The Labute approximate surface area is 163 Å². The van der Waals surface area contributed by atoms with E-state index in [-0.39, 0.29) is 10.6 Å². The minimum atomic E-state index is -0.955. The molecule has 3 N–H and O–H groups in total. The van der Waals surface area contributed by atoms with Crippen molar-refractivity contribution in [3.05, 3.63) is 58.6 Å². The van der Waals surface area contributed by atoms with Gasteiger partial charge in [0.1, 0.15) is 6.04 Å². The van der Waals surface area contributed by atoms with Crippen LogP contribution >= 0.6 is 11.6 Å². The van der Waals surface area contributed by atoms with E-state index in [9.17, 15) is 9.59 Å². The zero-order valence-corrected chi connectivity index (χ0v) is 16.1. The van der Waals surface area contributed by atoms with Gasteiger partial charge in [0.2, 0.25) is 5.91 Å². The number of hydrogen-bond donors (Lipinski definition) is 2. The van der Waals surface area contributed by atoms with Gasteiger partial charge in [0.05, 0.1) is 18.2 Å². The predicted molar refractivity (Wildman–Crippen MR) is 104 cm³/mol. The Kier molecular flexibility index (Phi) is 7.49. The smallest absolute Gasteiger partial charge is 0.252 e. The van der Waals surface area contributed by atoms with Crippen LogP contribution in [0.4, 0.5) is 0 Å². The number of nitrogens with one attached hydrogen (secondary N) is 1. The molecule has 0 heterocycles. The van der Waals surface area contributed by atoms with E-state index in [4.69, 9.17) is 26.8 Å². The summed E-state index contributed by atoms with van der Waals surface area (Å²) >= 11 is 6.29. The Morgan fingerprint density at radius 1 is 1.15 bits per heavy atom. The SMILES string of the molecule is CCCOc1c(Cl)cc(C(=O)NC(C(N)=O)c2ccccc2)cc1OCC. The van der Waals surface area contributed by atoms with Gasteiger partial charge in [-0.25, -0.2) is 0 Å². The van der Waals surface area contributed by atoms with Crippen molar-refractivity contribution < 1.29 is 19.1 Å². The fraction of sp³-hybridized carbons (Fsp3) is 0.300. The van der Waals surface area contributed by atoms with Crippen molar-refractivity contribution in [2.45, 2.75) is 26.3 Å². The second-order valence-electron chi connectivity index (χ2n) is 5.79. The molecule has 0 radical (unpaired) electrons.